The normalized spacial score (nSPS) is 15.9. The van der Waals surface area contributed by atoms with Crippen LogP contribution in [0.1, 0.15) is 11.3 Å². The van der Waals surface area contributed by atoms with Gasteiger partial charge < -0.3 is 10.2 Å². The second-order valence-electron chi connectivity index (χ2n) is 7.58. The smallest absolute Gasteiger partial charge is 0.180 e. The van der Waals surface area contributed by atoms with E-state index in [9.17, 15) is 0 Å². The highest BCUT2D eigenvalue weighted by atomic mass is 32.1. The van der Waals surface area contributed by atoms with Gasteiger partial charge in [-0.3, -0.25) is 14.4 Å². The highest BCUT2D eigenvalue weighted by molar-refractivity contribution is 7.14. The van der Waals surface area contributed by atoms with Crippen molar-refractivity contribution in [1.29, 1.82) is 0 Å². The molecule has 9 heteroatoms. The Morgan fingerprint density at radius 1 is 1.21 bits per heavy atom. The van der Waals surface area contributed by atoms with Crippen LogP contribution in [-0.4, -0.2) is 67.6 Å². The minimum atomic E-state index is 0.771. The molecule has 1 saturated heterocycles. The van der Waals surface area contributed by atoms with Gasteiger partial charge in [-0.1, -0.05) is 0 Å². The molecule has 4 aromatic rings. The van der Waals surface area contributed by atoms with E-state index in [-0.39, 0.29) is 0 Å². The first kappa shape index (κ1) is 18.3. The summed E-state index contributed by atoms with van der Waals surface area (Å²) in [5, 5.41) is 13.7. The molecule has 0 amide bonds. The molecular formula is C20H24N8S. The van der Waals surface area contributed by atoms with Crippen molar-refractivity contribution in [2.45, 2.75) is 13.5 Å². The Hall–Kier alpha value is -2.75. The lowest BCUT2D eigenvalue weighted by molar-refractivity contribution is 0.148. The molecule has 0 aromatic carbocycles. The summed E-state index contributed by atoms with van der Waals surface area (Å²) in [5.41, 5.74) is 5.06. The first-order chi connectivity index (χ1) is 14.2. The standard InChI is InChI=1S/C20H24N8S/c1-14-11-28-17(16-8-22-23-9-16)10-21-20(28)19(24-14)25-18-7-15(13-29-18)12-27-5-3-26(2)4-6-27/h7-11,13H,3-6,12H2,1-2H3,(H,22,23)(H,24,25). The van der Waals surface area contributed by atoms with Gasteiger partial charge in [-0.25, -0.2) is 9.97 Å². The summed E-state index contributed by atoms with van der Waals surface area (Å²) in [6.07, 6.45) is 7.54. The van der Waals surface area contributed by atoms with Crippen LogP contribution in [0.15, 0.2) is 36.2 Å². The van der Waals surface area contributed by atoms with Crippen LogP contribution in [0.5, 0.6) is 0 Å². The van der Waals surface area contributed by atoms with E-state index in [0.717, 1.165) is 66.1 Å². The lowest BCUT2D eigenvalue weighted by Gasteiger charge is -2.32. The van der Waals surface area contributed by atoms with Gasteiger partial charge in [-0.05, 0) is 31.0 Å². The molecule has 29 heavy (non-hydrogen) atoms. The number of likely N-dealkylation sites (N-methyl/N-ethyl adjacent to an activating group) is 1. The number of piperazine rings is 1. The van der Waals surface area contributed by atoms with Crippen molar-refractivity contribution >= 4 is 27.8 Å². The second kappa shape index (κ2) is 7.58. The predicted octanol–water partition coefficient (Wildman–Crippen LogP) is 2.98. The number of aromatic amines is 1. The Morgan fingerprint density at radius 3 is 2.86 bits per heavy atom. The van der Waals surface area contributed by atoms with Gasteiger partial charge in [0.1, 0.15) is 0 Å². The van der Waals surface area contributed by atoms with Gasteiger partial charge in [0.25, 0.3) is 0 Å². The van der Waals surface area contributed by atoms with Gasteiger partial charge in [-0.15, -0.1) is 11.3 Å². The lowest BCUT2D eigenvalue weighted by Crippen LogP contribution is -2.43. The van der Waals surface area contributed by atoms with E-state index in [1.807, 2.05) is 25.5 Å². The Balaban J connectivity index is 1.37. The van der Waals surface area contributed by atoms with Crippen molar-refractivity contribution in [3.05, 3.63) is 47.5 Å². The maximum atomic E-state index is 4.70. The van der Waals surface area contributed by atoms with Crippen LogP contribution < -0.4 is 5.32 Å². The molecule has 150 valence electrons. The van der Waals surface area contributed by atoms with Crippen molar-refractivity contribution in [1.82, 2.24) is 34.4 Å². The van der Waals surface area contributed by atoms with Crippen molar-refractivity contribution in [3.63, 3.8) is 0 Å². The number of hydrogen-bond acceptors (Lipinski definition) is 7. The minimum Gasteiger partial charge on any atom is -0.329 e. The molecule has 0 aliphatic carbocycles. The zero-order valence-electron chi connectivity index (χ0n) is 16.6. The third-order valence-electron chi connectivity index (χ3n) is 5.30. The highest BCUT2D eigenvalue weighted by Gasteiger charge is 2.16. The molecule has 0 unspecified atom stereocenters. The topological polar surface area (TPSA) is 77.4 Å². The van der Waals surface area contributed by atoms with E-state index >= 15 is 0 Å². The number of hydrogen-bond donors (Lipinski definition) is 2. The zero-order valence-corrected chi connectivity index (χ0v) is 17.4. The lowest BCUT2D eigenvalue weighted by atomic mass is 10.2. The third-order valence-corrected chi connectivity index (χ3v) is 6.20. The van der Waals surface area contributed by atoms with E-state index in [0.29, 0.717) is 0 Å². The van der Waals surface area contributed by atoms with Crippen LogP contribution in [0.4, 0.5) is 10.8 Å². The van der Waals surface area contributed by atoms with Gasteiger partial charge in [0, 0.05) is 50.7 Å². The SMILES string of the molecule is Cc1cn2c(-c3cn[nH]c3)cnc2c(Nc2cc(CN3CCN(C)CC3)cs2)n1. The number of thiophene rings is 1. The van der Waals surface area contributed by atoms with Crippen LogP contribution in [0, 0.1) is 6.92 Å². The monoisotopic (exact) mass is 408 g/mol. The molecule has 4 aromatic heterocycles. The molecule has 1 aliphatic heterocycles. The Labute approximate surface area is 173 Å². The highest BCUT2D eigenvalue weighted by Crippen LogP contribution is 2.29. The zero-order chi connectivity index (χ0) is 19.8. The molecule has 0 spiro atoms. The fraction of sp³-hybridized carbons (Fsp3) is 0.350. The van der Waals surface area contributed by atoms with E-state index < -0.39 is 0 Å². The molecule has 0 radical (unpaired) electrons. The number of nitrogens with zero attached hydrogens (tertiary/aromatic N) is 6. The van der Waals surface area contributed by atoms with E-state index in [1.165, 1.54) is 5.56 Å². The molecule has 5 rings (SSSR count). The first-order valence-electron chi connectivity index (χ1n) is 9.75. The number of fused-ring (bicyclic) bond motifs is 1. The minimum absolute atomic E-state index is 0.771. The molecule has 1 aliphatic rings. The number of nitrogens with one attached hydrogen (secondary N) is 2. The number of imidazole rings is 1. The van der Waals surface area contributed by atoms with E-state index in [4.69, 9.17) is 4.98 Å². The molecule has 0 bridgehead atoms. The van der Waals surface area contributed by atoms with Crippen molar-refractivity contribution in [2.24, 2.45) is 0 Å². The first-order valence-corrected chi connectivity index (χ1v) is 10.6. The van der Waals surface area contributed by atoms with Crippen molar-refractivity contribution in [2.75, 3.05) is 38.5 Å². The number of H-pyrrole nitrogens is 1. The summed E-state index contributed by atoms with van der Waals surface area (Å²) in [6.45, 7) is 7.52. The average Bonchev–Trinajstić information content (AvgIpc) is 3.44. The van der Waals surface area contributed by atoms with E-state index in [1.54, 1.807) is 17.5 Å². The molecular weight excluding hydrogens is 384 g/mol. The number of aromatic nitrogens is 5. The summed E-state index contributed by atoms with van der Waals surface area (Å²) < 4.78 is 2.06. The summed E-state index contributed by atoms with van der Waals surface area (Å²) in [7, 11) is 2.19. The maximum Gasteiger partial charge on any atom is 0.180 e. The second-order valence-corrected chi connectivity index (χ2v) is 8.49. The Morgan fingerprint density at radius 2 is 2.07 bits per heavy atom. The molecule has 0 atom stereocenters. The number of aryl methyl sites for hydroxylation is 1. The average molecular weight is 409 g/mol. The number of rotatable bonds is 5. The molecule has 2 N–H and O–H groups in total. The van der Waals surface area contributed by atoms with E-state index in [2.05, 4.69) is 53.2 Å². The fourth-order valence-electron chi connectivity index (χ4n) is 3.70. The number of anilines is 2. The van der Waals surface area contributed by atoms with Crippen LogP contribution in [-0.2, 0) is 6.54 Å². The summed E-state index contributed by atoms with van der Waals surface area (Å²) >= 11 is 1.71. The Kier molecular flexibility index (Phi) is 4.78. The summed E-state index contributed by atoms with van der Waals surface area (Å²) in [4.78, 5) is 14.2. The molecule has 0 saturated carbocycles. The molecule has 8 nitrogen and oxygen atoms in total. The van der Waals surface area contributed by atoms with Gasteiger partial charge in [0.15, 0.2) is 11.5 Å². The molecule has 5 heterocycles. The quantitative estimate of drug-likeness (QED) is 0.529. The fourth-order valence-corrected chi connectivity index (χ4v) is 4.50. The summed E-state index contributed by atoms with van der Waals surface area (Å²) in [6, 6.07) is 2.23. The summed E-state index contributed by atoms with van der Waals surface area (Å²) in [5.74, 6) is 0.771. The van der Waals surface area contributed by atoms with Crippen LogP contribution in [0.25, 0.3) is 16.9 Å². The van der Waals surface area contributed by atoms with Gasteiger partial charge in [0.05, 0.1) is 28.8 Å². The molecule has 1 fully saturated rings. The van der Waals surface area contributed by atoms with Crippen LogP contribution in [0.2, 0.25) is 0 Å². The van der Waals surface area contributed by atoms with Gasteiger partial charge in [0.2, 0.25) is 0 Å². The largest absolute Gasteiger partial charge is 0.329 e. The van der Waals surface area contributed by atoms with Gasteiger partial charge in [-0.2, -0.15) is 5.10 Å². The van der Waals surface area contributed by atoms with Crippen molar-refractivity contribution in [3.8, 4) is 11.3 Å². The predicted molar refractivity (Wildman–Crippen MR) is 116 cm³/mol. The van der Waals surface area contributed by atoms with Crippen LogP contribution in [0.3, 0.4) is 0 Å². The third kappa shape index (κ3) is 3.76. The maximum absolute atomic E-state index is 4.70. The van der Waals surface area contributed by atoms with Crippen LogP contribution >= 0.6 is 11.3 Å². The Bertz CT molecular complexity index is 1110. The van der Waals surface area contributed by atoms with Gasteiger partial charge >= 0.3 is 0 Å². The van der Waals surface area contributed by atoms with Crippen molar-refractivity contribution < 1.29 is 0 Å².